The van der Waals surface area contributed by atoms with Crippen LogP contribution in [-0.4, -0.2) is 40.5 Å². The standard InChI is InChI=1S/C26H25FN4O3/c1-17-15-30(16-28-17)22-7-5-18(13-24(22)32-2)12-19-4-3-10-31-25(19)29-34-26(31)9-11-33-23-8-6-20(27)14-21(23)26/h5-8,12-16H,3-4,9-11H2,1-2H3/b19-12-. The third-order valence-corrected chi connectivity index (χ3v) is 6.69. The molecule has 0 bridgehead atoms. The molecule has 0 amide bonds. The lowest BCUT2D eigenvalue weighted by atomic mass is 9.90. The molecular formula is C26H25FN4O3. The van der Waals surface area contributed by atoms with Crippen LogP contribution in [0.15, 0.2) is 59.7 Å². The molecule has 34 heavy (non-hydrogen) atoms. The highest BCUT2D eigenvalue weighted by Crippen LogP contribution is 2.48. The maximum atomic E-state index is 14.2. The minimum Gasteiger partial charge on any atom is -0.495 e. The first-order valence-corrected chi connectivity index (χ1v) is 11.4. The van der Waals surface area contributed by atoms with E-state index in [1.54, 1.807) is 19.5 Å². The van der Waals surface area contributed by atoms with Crippen LogP contribution in [0.4, 0.5) is 4.39 Å². The van der Waals surface area contributed by atoms with Crippen molar-refractivity contribution in [3.63, 3.8) is 0 Å². The lowest BCUT2D eigenvalue weighted by molar-refractivity contribution is -0.128. The van der Waals surface area contributed by atoms with Gasteiger partial charge in [-0.25, -0.2) is 9.37 Å². The van der Waals surface area contributed by atoms with Crippen LogP contribution in [0.5, 0.6) is 11.5 Å². The van der Waals surface area contributed by atoms with Gasteiger partial charge in [-0.2, -0.15) is 0 Å². The zero-order valence-corrected chi connectivity index (χ0v) is 19.1. The van der Waals surface area contributed by atoms with Crippen LogP contribution in [0.3, 0.4) is 0 Å². The van der Waals surface area contributed by atoms with Gasteiger partial charge in [0, 0.05) is 19.2 Å². The maximum absolute atomic E-state index is 14.2. The molecule has 1 saturated heterocycles. The highest BCUT2D eigenvalue weighted by molar-refractivity contribution is 6.03. The minimum atomic E-state index is -0.828. The largest absolute Gasteiger partial charge is 0.495 e. The molecule has 1 aromatic heterocycles. The van der Waals surface area contributed by atoms with Gasteiger partial charge >= 0.3 is 0 Å². The van der Waals surface area contributed by atoms with Crippen LogP contribution in [-0.2, 0) is 10.6 Å². The van der Waals surface area contributed by atoms with E-state index in [9.17, 15) is 4.39 Å². The summed E-state index contributed by atoms with van der Waals surface area (Å²) < 4.78 is 27.6. The van der Waals surface area contributed by atoms with E-state index >= 15 is 0 Å². The second kappa shape index (κ2) is 7.90. The first-order chi connectivity index (χ1) is 16.6. The van der Waals surface area contributed by atoms with Crippen molar-refractivity contribution in [3.8, 4) is 17.2 Å². The van der Waals surface area contributed by atoms with Gasteiger partial charge in [-0.15, -0.1) is 0 Å². The van der Waals surface area contributed by atoms with Crippen molar-refractivity contribution < 1.29 is 18.7 Å². The number of ether oxygens (including phenoxy) is 2. The summed E-state index contributed by atoms with van der Waals surface area (Å²) >= 11 is 0. The summed E-state index contributed by atoms with van der Waals surface area (Å²) in [6, 6.07) is 10.7. The molecular weight excluding hydrogens is 435 g/mol. The predicted octanol–water partition coefficient (Wildman–Crippen LogP) is 4.79. The lowest BCUT2D eigenvalue weighted by Gasteiger charge is -2.42. The number of methoxy groups -OCH3 is 1. The monoisotopic (exact) mass is 460 g/mol. The fraction of sp³-hybridized carbons (Fsp3) is 0.308. The fourth-order valence-corrected chi connectivity index (χ4v) is 5.08. The summed E-state index contributed by atoms with van der Waals surface area (Å²) in [4.78, 5) is 12.6. The molecule has 1 atom stereocenters. The van der Waals surface area contributed by atoms with Gasteiger partial charge in [0.05, 0.1) is 37.0 Å². The van der Waals surface area contributed by atoms with Crippen molar-refractivity contribution in [2.75, 3.05) is 20.3 Å². The quantitative estimate of drug-likeness (QED) is 0.563. The summed E-state index contributed by atoms with van der Waals surface area (Å²) in [5, 5.41) is 4.50. The van der Waals surface area contributed by atoms with Gasteiger partial charge in [0.2, 0.25) is 5.72 Å². The number of rotatable bonds is 3. The number of nitrogens with zero attached hydrogens (tertiary/aromatic N) is 4. The second-order valence-electron chi connectivity index (χ2n) is 8.81. The number of halogens is 1. The molecule has 3 aliphatic heterocycles. The molecule has 0 saturated carbocycles. The zero-order chi connectivity index (χ0) is 23.3. The number of fused-ring (bicyclic) bond motifs is 4. The Morgan fingerprint density at radius 1 is 1.21 bits per heavy atom. The van der Waals surface area contributed by atoms with Gasteiger partial charge in [0.25, 0.3) is 0 Å². The van der Waals surface area contributed by atoms with Crippen LogP contribution < -0.4 is 9.47 Å². The number of aryl methyl sites for hydroxylation is 1. The molecule has 2 aromatic carbocycles. The third kappa shape index (κ3) is 3.24. The van der Waals surface area contributed by atoms with Gasteiger partial charge in [-0.1, -0.05) is 11.2 Å². The molecule has 0 radical (unpaired) electrons. The molecule has 0 N–H and O–H groups in total. The van der Waals surface area contributed by atoms with Gasteiger partial charge < -0.3 is 23.8 Å². The zero-order valence-electron chi connectivity index (χ0n) is 19.1. The molecule has 1 spiro atoms. The maximum Gasteiger partial charge on any atom is 0.244 e. The van der Waals surface area contributed by atoms with E-state index in [2.05, 4.69) is 27.2 Å². The smallest absolute Gasteiger partial charge is 0.244 e. The Bertz CT molecular complexity index is 1330. The molecule has 3 aliphatic rings. The summed E-state index contributed by atoms with van der Waals surface area (Å²) in [6.45, 7) is 3.23. The number of hydrogen-bond donors (Lipinski definition) is 0. The second-order valence-corrected chi connectivity index (χ2v) is 8.81. The van der Waals surface area contributed by atoms with E-state index in [4.69, 9.17) is 14.3 Å². The molecule has 0 aliphatic carbocycles. The number of aromatic nitrogens is 2. The first-order valence-electron chi connectivity index (χ1n) is 11.4. The average Bonchev–Trinajstić information content (AvgIpc) is 3.45. The van der Waals surface area contributed by atoms with Crippen LogP contribution in [0.2, 0.25) is 0 Å². The van der Waals surface area contributed by atoms with E-state index in [0.717, 1.165) is 53.5 Å². The Kier molecular flexibility index (Phi) is 4.83. The summed E-state index contributed by atoms with van der Waals surface area (Å²) in [6.07, 6.45) is 8.29. The first kappa shape index (κ1) is 20.8. The lowest BCUT2D eigenvalue weighted by Crippen LogP contribution is -2.51. The Balaban J connectivity index is 1.34. The molecule has 1 unspecified atom stereocenters. The van der Waals surface area contributed by atoms with Gasteiger partial charge in [0.1, 0.15) is 17.3 Å². The van der Waals surface area contributed by atoms with Crippen LogP contribution in [0.25, 0.3) is 11.8 Å². The fourth-order valence-electron chi connectivity index (χ4n) is 5.08. The Morgan fingerprint density at radius 2 is 2.12 bits per heavy atom. The predicted molar refractivity (Wildman–Crippen MR) is 125 cm³/mol. The van der Waals surface area contributed by atoms with E-state index in [-0.39, 0.29) is 5.82 Å². The van der Waals surface area contributed by atoms with Crippen molar-refractivity contribution in [1.82, 2.24) is 14.5 Å². The summed E-state index contributed by atoms with van der Waals surface area (Å²) in [5.74, 6) is 1.90. The highest BCUT2D eigenvalue weighted by Gasteiger charge is 2.52. The van der Waals surface area contributed by atoms with Crippen molar-refractivity contribution in [2.24, 2.45) is 5.16 Å². The number of hydrogen-bond acceptors (Lipinski definition) is 6. The third-order valence-electron chi connectivity index (χ3n) is 6.69. The number of oxime groups is 1. The van der Waals surface area contributed by atoms with E-state index in [1.807, 2.05) is 29.8 Å². The molecule has 8 heteroatoms. The Morgan fingerprint density at radius 3 is 2.94 bits per heavy atom. The van der Waals surface area contributed by atoms with Crippen molar-refractivity contribution >= 4 is 11.9 Å². The van der Waals surface area contributed by atoms with Crippen LogP contribution in [0, 0.1) is 12.7 Å². The summed E-state index contributed by atoms with van der Waals surface area (Å²) in [7, 11) is 1.67. The molecule has 174 valence electrons. The van der Waals surface area contributed by atoms with Crippen molar-refractivity contribution in [3.05, 3.63) is 77.1 Å². The van der Waals surface area contributed by atoms with Crippen LogP contribution >= 0.6 is 0 Å². The average molecular weight is 461 g/mol. The van der Waals surface area contributed by atoms with Gasteiger partial charge in [-0.3, -0.25) is 0 Å². The molecule has 6 rings (SSSR count). The summed E-state index contributed by atoms with van der Waals surface area (Å²) in [5.41, 5.74) is 3.83. The Hall–Kier alpha value is -3.81. The van der Waals surface area contributed by atoms with Crippen molar-refractivity contribution in [1.29, 1.82) is 0 Å². The number of benzene rings is 2. The van der Waals surface area contributed by atoms with Crippen LogP contribution in [0.1, 0.15) is 36.1 Å². The molecule has 7 nitrogen and oxygen atoms in total. The Labute approximate surface area is 197 Å². The molecule has 1 fully saturated rings. The number of piperidine rings is 1. The topological polar surface area (TPSA) is 61.1 Å². The highest BCUT2D eigenvalue weighted by atomic mass is 19.1. The SMILES string of the molecule is COc1cc(/C=C2/CCCN3C2=NOC32CCOc3ccc(F)cc32)ccc1-n1cnc(C)c1. The number of amidine groups is 1. The van der Waals surface area contributed by atoms with Gasteiger partial charge in [0.15, 0.2) is 5.84 Å². The molecule has 3 aromatic rings. The van der Waals surface area contributed by atoms with Crippen molar-refractivity contribution in [2.45, 2.75) is 31.9 Å². The van der Waals surface area contributed by atoms with Gasteiger partial charge in [-0.05, 0) is 67.3 Å². The minimum absolute atomic E-state index is 0.311. The van der Waals surface area contributed by atoms with E-state index in [1.165, 1.54) is 12.1 Å². The normalized spacial score (nSPS) is 22.1. The molecule has 4 heterocycles. The van der Waals surface area contributed by atoms with E-state index in [0.29, 0.717) is 24.3 Å². The van der Waals surface area contributed by atoms with E-state index < -0.39 is 5.72 Å². The number of imidazole rings is 1.